The summed E-state index contributed by atoms with van der Waals surface area (Å²) in [5, 5.41) is 9.33. The SMILES string of the molecule is Cc1cc(C)n(CN2CCN(c3ccncc3)CC2)c(=S)c1C#N. The van der Waals surface area contributed by atoms with Gasteiger partial charge in [0.1, 0.15) is 10.7 Å². The van der Waals surface area contributed by atoms with Gasteiger partial charge < -0.3 is 9.47 Å². The number of pyridine rings is 2. The summed E-state index contributed by atoms with van der Waals surface area (Å²) in [5.74, 6) is 0. The fourth-order valence-corrected chi connectivity index (χ4v) is 3.55. The highest BCUT2D eigenvalue weighted by atomic mass is 32.1. The van der Waals surface area contributed by atoms with Crippen LogP contribution in [0.25, 0.3) is 0 Å². The molecule has 0 spiro atoms. The Balaban J connectivity index is 1.71. The molecule has 6 heteroatoms. The molecule has 124 valence electrons. The van der Waals surface area contributed by atoms with E-state index in [1.54, 1.807) is 0 Å². The minimum Gasteiger partial charge on any atom is -0.369 e. The van der Waals surface area contributed by atoms with Crippen molar-refractivity contribution < 1.29 is 0 Å². The van der Waals surface area contributed by atoms with Crippen LogP contribution in [-0.2, 0) is 6.67 Å². The number of aryl methyl sites for hydroxylation is 2. The first-order chi connectivity index (χ1) is 11.6. The van der Waals surface area contributed by atoms with Crippen molar-refractivity contribution in [1.82, 2.24) is 14.5 Å². The molecular formula is C18H21N5S. The lowest BCUT2D eigenvalue weighted by Crippen LogP contribution is -2.47. The first kappa shape index (κ1) is 16.6. The average molecular weight is 339 g/mol. The summed E-state index contributed by atoms with van der Waals surface area (Å²) in [6, 6.07) is 8.38. The zero-order valence-electron chi connectivity index (χ0n) is 14.1. The number of anilines is 1. The van der Waals surface area contributed by atoms with E-state index in [0.717, 1.165) is 44.1 Å². The van der Waals surface area contributed by atoms with Crippen LogP contribution in [0.3, 0.4) is 0 Å². The Bertz CT molecular complexity index is 814. The normalized spacial score (nSPS) is 15.3. The van der Waals surface area contributed by atoms with Gasteiger partial charge >= 0.3 is 0 Å². The number of hydrogen-bond acceptors (Lipinski definition) is 5. The highest BCUT2D eigenvalue weighted by Gasteiger charge is 2.18. The zero-order valence-corrected chi connectivity index (χ0v) is 14.9. The van der Waals surface area contributed by atoms with E-state index in [2.05, 4.69) is 44.5 Å². The van der Waals surface area contributed by atoms with E-state index in [9.17, 15) is 5.26 Å². The second kappa shape index (κ2) is 7.12. The number of nitriles is 1. The van der Waals surface area contributed by atoms with Crippen LogP contribution in [0.5, 0.6) is 0 Å². The maximum absolute atomic E-state index is 9.33. The van der Waals surface area contributed by atoms with Crippen LogP contribution in [0.2, 0.25) is 0 Å². The van der Waals surface area contributed by atoms with E-state index in [4.69, 9.17) is 12.2 Å². The molecule has 2 aromatic heterocycles. The van der Waals surface area contributed by atoms with Crippen LogP contribution in [0.1, 0.15) is 16.8 Å². The quantitative estimate of drug-likeness (QED) is 0.805. The summed E-state index contributed by atoms with van der Waals surface area (Å²) in [6.45, 7) is 8.64. The summed E-state index contributed by atoms with van der Waals surface area (Å²) in [6.07, 6.45) is 3.67. The van der Waals surface area contributed by atoms with Gasteiger partial charge in [-0.05, 0) is 37.6 Å². The molecule has 2 aromatic rings. The predicted molar refractivity (Wildman–Crippen MR) is 97.5 cm³/mol. The molecule has 1 fully saturated rings. The molecule has 1 aliphatic rings. The molecule has 5 nitrogen and oxygen atoms in total. The van der Waals surface area contributed by atoms with Crippen molar-refractivity contribution in [2.45, 2.75) is 20.5 Å². The number of rotatable bonds is 3. The third-order valence-electron chi connectivity index (χ3n) is 4.56. The Morgan fingerprint density at radius 1 is 1.17 bits per heavy atom. The van der Waals surface area contributed by atoms with Crippen molar-refractivity contribution >= 4 is 17.9 Å². The molecule has 0 radical (unpaired) electrons. The summed E-state index contributed by atoms with van der Waals surface area (Å²) >= 11 is 5.53. The summed E-state index contributed by atoms with van der Waals surface area (Å²) in [5.41, 5.74) is 3.90. The maximum Gasteiger partial charge on any atom is 0.125 e. The van der Waals surface area contributed by atoms with Crippen LogP contribution in [0.4, 0.5) is 5.69 Å². The molecule has 3 rings (SSSR count). The lowest BCUT2D eigenvalue weighted by molar-refractivity contribution is 0.203. The molecule has 0 saturated carbocycles. The van der Waals surface area contributed by atoms with E-state index in [1.165, 1.54) is 5.69 Å². The van der Waals surface area contributed by atoms with Crippen LogP contribution >= 0.6 is 12.2 Å². The minimum atomic E-state index is 0.617. The molecule has 3 heterocycles. The van der Waals surface area contributed by atoms with E-state index in [0.29, 0.717) is 10.2 Å². The highest BCUT2D eigenvalue weighted by molar-refractivity contribution is 7.71. The maximum atomic E-state index is 9.33. The van der Waals surface area contributed by atoms with E-state index >= 15 is 0 Å². The minimum absolute atomic E-state index is 0.617. The molecule has 0 N–H and O–H groups in total. The molecule has 0 bridgehead atoms. The van der Waals surface area contributed by atoms with Crippen molar-refractivity contribution in [2.75, 3.05) is 31.1 Å². The number of aromatic nitrogens is 2. The molecule has 0 unspecified atom stereocenters. The van der Waals surface area contributed by atoms with Crippen molar-refractivity contribution in [3.05, 3.63) is 52.1 Å². The Hall–Kier alpha value is -2.23. The van der Waals surface area contributed by atoms with Gasteiger partial charge in [-0.25, -0.2) is 0 Å². The van der Waals surface area contributed by atoms with Crippen LogP contribution < -0.4 is 4.90 Å². The molecule has 1 aliphatic heterocycles. The molecule has 1 saturated heterocycles. The molecule has 0 amide bonds. The topological polar surface area (TPSA) is 48.1 Å². The Kier molecular flexibility index (Phi) is 4.93. The largest absolute Gasteiger partial charge is 0.369 e. The molecule has 0 atom stereocenters. The van der Waals surface area contributed by atoms with Gasteiger partial charge in [-0.15, -0.1) is 0 Å². The van der Waals surface area contributed by atoms with Gasteiger partial charge in [0.05, 0.1) is 12.2 Å². The lowest BCUT2D eigenvalue weighted by atomic mass is 10.1. The summed E-state index contributed by atoms with van der Waals surface area (Å²) in [7, 11) is 0. The monoisotopic (exact) mass is 339 g/mol. The van der Waals surface area contributed by atoms with E-state index < -0.39 is 0 Å². The molecular weight excluding hydrogens is 318 g/mol. The van der Waals surface area contributed by atoms with Crippen LogP contribution in [0, 0.1) is 29.8 Å². The smallest absolute Gasteiger partial charge is 0.125 e. The zero-order chi connectivity index (χ0) is 17.1. The van der Waals surface area contributed by atoms with Gasteiger partial charge in [-0.2, -0.15) is 5.26 Å². The Morgan fingerprint density at radius 2 is 1.83 bits per heavy atom. The van der Waals surface area contributed by atoms with Crippen molar-refractivity contribution in [2.24, 2.45) is 0 Å². The van der Waals surface area contributed by atoms with Crippen LogP contribution in [-0.4, -0.2) is 40.6 Å². The summed E-state index contributed by atoms with van der Waals surface area (Å²) in [4.78, 5) is 8.84. The molecule has 0 aromatic carbocycles. The van der Waals surface area contributed by atoms with Crippen molar-refractivity contribution in [3.63, 3.8) is 0 Å². The number of piperazine rings is 1. The number of hydrogen-bond donors (Lipinski definition) is 0. The highest BCUT2D eigenvalue weighted by Crippen LogP contribution is 2.17. The molecule has 24 heavy (non-hydrogen) atoms. The van der Waals surface area contributed by atoms with E-state index in [1.807, 2.05) is 25.4 Å². The fourth-order valence-electron chi connectivity index (χ4n) is 3.14. The average Bonchev–Trinajstić information content (AvgIpc) is 2.60. The second-order valence-corrected chi connectivity index (χ2v) is 6.53. The first-order valence-electron chi connectivity index (χ1n) is 8.08. The standard InChI is InChI=1S/C18H21N5S/c1-14-11-15(2)23(18(24)17(14)12-19)13-21-7-9-22(10-8-21)16-3-5-20-6-4-16/h3-6,11H,7-10,13H2,1-2H3. The van der Waals surface area contributed by atoms with Gasteiger partial charge in [-0.3, -0.25) is 9.88 Å². The summed E-state index contributed by atoms with van der Waals surface area (Å²) < 4.78 is 2.72. The predicted octanol–water partition coefficient (Wildman–Crippen LogP) is 2.88. The van der Waals surface area contributed by atoms with Crippen LogP contribution in [0.15, 0.2) is 30.6 Å². The van der Waals surface area contributed by atoms with E-state index in [-0.39, 0.29) is 0 Å². The second-order valence-electron chi connectivity index (χ2n) is 6.14. The molecule has 0 aliphatic carbocycles. The fraction of sp³-hybridized carbons (Fsp3) is 0.389. The lowest BCUT2D eigenvalue weighted by Gasteiger charge is -2.36. The third-order valence-corrected chi connectivity index (χ3v) is 4.98. The van der Waals surface area contributed by atoms with Crippen molar-refractivity contribution in [1.29, 1.82) is 5.26 Å². The van der Waals surface area contributed by atoms with Gasteiger partial charge in [0, 0.05) is 50.0 Å². The van der Waals surface area contributed by atoms with Gasteiger partial charge in [0.2, 0.25) is 0 Å². The van der Waals surface area contributed by atoms with Gasteiger partial charge in [-0.1, -0.05) is 12.2 Å². The Labute approximate surface area is 147 Å². The third kappa shape index (κ3) is 3.32. The van der Waals surface area contributed by atoms with Gasteiger partial charge in [0.15, 0.2) is 0 Å². The van der Waals surface area contributed by atoms with Gasteiger partial charge in [0.25, 0.3) is 0 Å². The first-order valence-corrected chi connectivity index (χ1v) is 8.49. The van der Waals surface area contributed by atoms with Crippen molar-refractivity contribution in [3.8, 4) is 6.07 Å². The Morgan fingerprint density at radius 3 is 2.46 bits per heavy atom. The number of nitrogens with zero attached hydrogens (tertiary/aromatic N) is 5.